The molecule has 24 heavy (non-hydrogen) atoms. The van der Waals surface area contributed by atoms with Crippen LogP contribution in [0.25, 0.3) is 5.69 Å². The molecule has 0 saturated heterocycles. The molecule has 0 radical (unpaired) electrons. The van der Waals surface area contributed by atoms with Crippen molar-refractivity contribution >= 4 is 0 Å². The Morgan fingerprint density at radius 2 is 1.83 bits per heavy atom. The maximum absolute atomic E-state index is 4.77. The number of hydrogen-bond donors (Lipinski definition) is 0. The molecule has 4 rings (SSSR count). The molecule has 0 spiro atoms. The van der Waals surface area contributed by atoms with Crippen LogP contribution in [0.2, 0.25) is 0 Å². The molecule has 3 heterocycles. The van der Waals surface area contributed by atoms with E-state index >= 15 is 0 Å². The van der Waals surface area contributed by atoms with Gasteiger partial charge < -0.3 is 0 Å². The van der Waals surface area contributed by atoms with Gasteiger partial charge in [0.25, 0.3) is 0 Å². The minimum atomic E-state index is 0.235. The summed E-state index contributed by atoms with van der Waals surface area (Å²) in [6, 6.07) is 12.9. The molecule has 3 aromatic rings. The summed E-state index contributed by atoms with van der Waals surface area (Å²) in [6.45, 7) is 6.11. The molecule has 122 valence electrons. The van der Waals surface area contributed by atoms with Gasteiger partial charge in [-0.3, -0.25) is 9.88 Å². The van der Waals surface area contributed by atoms with Gasteiger partial charge >= 0.3 is 0 Å². The quantitative estimate of drug-likeness (QED) is 0.744. The highest BCUT2D eigenvalue weighted by Crippen LogP contribution is 2.33. The second kappa shape index (κ2) is 6.17. The number of hydrogen-bond acceptors (Lipinski definition) is 4. The molecule has 1 aliphatic rings. The highest BCUT2D eigenvalue weighted by Gasteiger charge is 2.30. The molecule has 0 amide bonds. The average molecular weight is 319 g/mol. The summed E-state index contributed by atoms with van der Waals surface area (Å²) in [6.07, 6.45) is 4.56. The zero-order chi connectivity index (χ0) is 16.5. The fraction of sp³-hybridized carbons (Fsp3) is 0.316. The fourth-order valence-electron chi connectivity index (χ4n) is 3.49. The van der Waals surface area contributed by atoms with Crippen LogP contribution in [-0.4, -0.2) is 31.2 Å². The summed E-state index contributed by atoms with van der Waals surface area (Å²) in [5, 5.41) is 4.63. The first kappa shape index (κ1) is 15.0. The third-order valence-corrected chi connectivity index (χ3v) is 4.70. The summed E-state index contributed by atoms with van der Waals surface area (Å²) in [5.74, 6) is 1.81. The van der Waals surface area contributed by atoms with E-state index in [-0.39, 0.29) is 6.04 Å². The number of aryl methyl sites for hydroxylation is 1. The first-order valence-corrected chi connectivity index (χ1v) is 8.41. The minimum absolute atomic E-state index is 0.235. The van der Waals surface area contributed by atoms with E-state index in [1.54, 1.807) is 12.4 Å². The summed E-state index contributed by atoms with van der Waals surface area (Å²) in [7, 11) is 0. The highest BCUT2D eigenvalue weighted by atomic mass is 15.4. The van der Waals surface area contributed by atoms with Crippen molar-refractivity contribution in [2.75, 3.05) is 6.54 Å². The van der Waals surface area contributed by atoms with Gasteiger partial charge in [0.1, 0.15) is 11.6 Å². The minimum Gasteiger partial charge on any atom is -0.289 e. The zero-order valence-corrected chi connectivity index (χ0v) is 14.1. The highest BCUT2D eigenvalue weighted by molar-refractivity contribution is 5.34. The normalized spacial score (nSPS) is 17.7. The predicted molar refractivity (Wildman–Crippen MR) is 92.9 cm³/mol. The maximum atomic E-state index is 4.77. The largest absolute Gasteiger partial charge is 0.289 e. The van der Waals surface area contributed by atoms with Crippen LogP contribution in [0.5, 0.6) is 0 Å². The van der Waals surface area contributed by atoms with E-state index in [0.29, 0.717) is 0 Å². The Kier molecular flexibility index (Phi) is 3.86. The van der Waals surface area contributed by atoms with Crippen molar-refractivity contribution in [3.63, 3.8) is 0 Å². The fourth-order valence-corrected chi connectivity index (χ4v) is 3.49. The van der Waals surface area contributed by atoms with Crippen LogP contribution in [0.3, 0.4) is 0 Å². The Morgan fingerprint density at radius 1 is 1.08 bits per heavy atom. The van der Waals surface area contributed by atoms with Gasteiger partial charge in [0.2, 0.25) is 0 Å². The molecule has 1 aromatic carbocycles. The molecular weight excluding hydrogens is 298 g/mol. The Bertz CT molecular complexity index is 840. The van der Waals surface area contributed by atoms with E-state index in [1.165, 1.54) is 11.1 Å². The molecule has 0 saturated carbocycles. The number of nitrogens with zero attached hydrogens (tertiary/aromatic N) is 5. The lowest BCUT2D eigenvalue weighted by molar-refractivity contribution is 0.172. The van der Waals surface area contributed by atoms with E-state index in [9.17, 15) is 0 Å². The zero-order valence-electron chi connectivity index (χ0n) is 14.1. The molecule has 5 heteroatoms. The molecule has 0 bridgehead atoms. The van der Waals surface area contributed by atoms with Gasteiger partial charge in [-0.05, 0) is 43.1 Å². The van der Waals surface area contributed by atoms with Crippen molar-refractivity contribution in [2.24, 2.45) is 0 Å². The molecule has 0 fully saturated rings. The SMILES string of the molecule is CCN1Cc2ccccc2C[C@@H]1c1nc(C)nn1-c1ccncc1. The molecule has 5 nitrogen and oxygen atoms in total. The molecule has 0 unspecified atom stereocenters. The second-order valence-electron chi connectivity index (χ2n) is 6.19. The van der Waals surface area contributed by atoms with Crippen molar-refractivity contribution in [3.05, 3.63) is 71.6 Å². The van der Waals surface area contributed by atoms with Gasteiger partial charge in [0.05, 0.1) is 11.7 Å². The predicted octanol–water partition coefficient (Wildman–Crippen LogP) is 3.09. The van der Waals surface area contributed by atoms with Crippen molar-refractivity contribution < 1.29 is 0 Å². The van der Waals surface area contributed by atoms with Crippen molar-refractivity contribution in [1.29, 1.82) is 0 Å². The second-order valence-corrected chi connectivity index (χ2v) is 6.19. The Balaban J connectivity index is 1.78. The number of likely N-dealkylation sites (N-methyl/N-ethyl adjacent to an activating group) is 1. The lowest BCUT2D eigenvalue weighted by Crippen LogP contribution is -2.35. The lowest BCUT2D eigenvalue weighted by Gasteiger charge is -2.35. The molecule has 2 aromatic heterocycles. The van der Waals surface area contributed by atoms with Crippen molar-refractivity contribution in [3.8, 4) is 5.69 Å². The number of fused-ring (bicyclic) bond motifs is 1. The van der Waals surface area contributed by atoms with Gasteiger partial charge in [0, 0.05) is 18.9 Å². The first-order chi connectivity index (χ1) is 11.8. The van der Waals surface area contributed by atoms with E-state index < -0.39 is 0 Å². The number of pyridine rings is 1. The van der Waals surface area contributed by atoms with Gasteiger partial charge in [-0.25, -0.2) is 9.67 Å². The van der Waals surface area contributed by atoms with Crippen LogP contribution in [0, 0.1) is 6.92 Å². The third-order valence-electron chi connectivity index (χ3n) is 4.70. The molecular formula is C19H21N5. The van der Waals surface area contributed by atoms with Crippen LogP contribution in [0.4, 0.5) is 0 Å². The average Bonchev–Trinajstić information content (AvgIpc) is 3.03. The standard InChI is InChI=1S/C19H21N5/c1-3-23-13-16-7-5-4-6-15(16)12-18(23)19-21-14(2)22-24(19)17-8-10-20-11-9-17/h4-11,18H,3,12-13H2,1-2H3/t18-/m1/s1. The van der Waals surface area contributed by atoms with Crippen molar-refractivity contribution in [2.45, 2.75) is 32.9 Å². The van der Waals surface area contributed by atoms with E-state index in [1.807, 2.05) is 23.7 Å². The Morgan fingerprint density at radius 3 is 2.58 bits per heavy atom. The van der Waals surface area contributed by atoms with Gasteiger partial charge in [-0.1, -0.05) is 31.2 Å². The van der Waals surface area contributed by atoms with Crippen molar-refractivity contribution in [1.82, 2.24) is 24.6 Å². The van der Waals surface area contributed by atoms with Crippen LogP contribution in [0.1, 0.15) is 35.7 Å². The Hall–Kier alpha value is -2.53. The van der Waals surface area contributed by atoms with Crippen LogP contribution in [-0.2, 0) is 13.0 Å². The summed E-state index contributed by atoms with van der Waals surface area (Å²) < 4.78 is 1.97. The third kappa shape index (κ3) is 2.61. The lowest BCUT2D eigenvalue weighted by atomic mass is 9.93. The van der Waals surface area contributed by atoms with Crippen LogP contribution >= 0.6 is 0 Å². The number of rotatable bonds is 3. The summed E-state index contributed by atoms with van der Waals surface area (Å²) in [5.41, 5.74) is 3.84. The van der Waals surface area contributed by atoms with E-state index in [0.717, 1.165) is 36.8 Å². The van der Waals surface area contributed by atoms with E-state index in [4.69, 9.17) is 4.98 Å². The van der Waals surface area contributed by atoms with Crippen LogP contribution in [0.15, 0.2) is 48.8 Å². The Labute approximate surface area is 142 Å². The molecule has 1 aliphatic heterocycles. The molecule has 1 atom stereocenters. The van der Waals surface area contributed by atoms with Gasteiger partial charge in [-0.2, -0.15) is 5.10 Å². The van der Waals surface area contributed by atoms with Gasteiger partial charge in [-0.15, -0.1) is 0 Å². The smallest absolute Gasteiger partial charge is 0.150 e. The van der Waals surface area contributed by atoms with Gasteiger partial charge in [0.15, 0.2) is 0 Å². The monoisotopic (exact) mass is 319 g/mol. The first-order valence-electron chi connectivity index (χ1n) is 8.41. The number of benzene rings is 1. The number of aromatic nitrogens is 4. The summed E-state index contributed by atoms with van der Waals surface area (Å²) >= 11 is 0. The topological polar surface area (TPSA) is 46.8 Å². The van der Waals surface area contributed by atoms with E-state index in [2.05, 4.69) is 46.2 Å². The van der Waals surface area contributed by atoms with Crippen LogP contribution < -0.4 is 0 Å². The molecule has 0 aliphatic carbocycles. The summed E-state index contributed by atoms with van der Waals surface area (Å²) in [4.78, 5) is 11.4. The maximum Gasteiger partial charge on any atom is 0.150 e. The molecule has 0 N–H and O–H groups in total.